The summed E-state index contributed by atoms with van der Waals surface area (Å²) in [6, 6.07) is 3.50. The topological polar surface area (TPSA) is 32.8 Å². The highest BCUT2D eigenvalue weighted by molar-refractivity contribution is 5.63. The zero-order chi connectivity index (χ0) is 8.72. The fraction of sp³-hybridized carbons (Fsp3) is 0.400. The normalized spacial score (nSPS) is 12.6. The number of benzene rings is 1. The molecule has 1 aromatic rings. The monoisotopic (exact) mass is 164 g/mol. The van der Waals surface area contributed by atoms with Crippen molar-refractivity contribution < 1.29 is 9.84 Å². The lowest BCUT2D eigenvalue weighted by Crippen LogP contribution is -1.92. The predicted octanol–water partition coefficient (Wildman–Crippen LogP) is 2.70. The number of fused-ring (bicyclic) bond motifs is 1. The zero-order valence-corrected chi connectivity index (χ0v) is 7.29. The van der Waals surface area contributed by atoms with Gasteiger partial charge in [0.05, 0.1) is 0 Å². The Morgan fingerprint density at radius 2 is 2.17 bits per heavy atom. The first-order chi connectivity index (χ1) is 5.68. The van der Waals surface area contributed by atoms with Gasteiger partial charge in [0.25, 0.3) is 0 Å². The van der Waals surface area contributed by atoms with Crippen molar-refractivity contribution in [1.82, 2.24) is 0 Å². The molecule has 0 fully saturated rings. The minimum atomic E-state index is 0.361. The fourth-order valence-corrected chi connectivity index (χ4v) is 1.38. The smallest absolute Gasteiger partial charge is 0.177 e. The van der Waals surface area contributed by atoms with Crippen LogP contribution in [0.15, 0.2) is 12.1 Å². The maximum atomic E-state index is 9.49. The lowest BCUT2D eigenvalue weighted by molar-refractivity contribution is 0.461. The van der Waals surface area contributed by atoms with E-state index in [1.165, 1.54) is 0 Å². The molecule has 0 aromatic heterocycles. The highest BCUT2D eigenvalue weighted by atomic mass is 16.6. The van der Waals surface area contributed by atoms with Gasteiger partial charge in [0.2, 0.25) is 0 Å². The third-order valence-corrected chi connectivity index (χ3v) is 1.98. The van der Waals surface area contributed by atoms with Gasteiger partial charge in [0.1, 0.15) is 5.75 Å². The summed E-state index contributed by atoms with van der Waals surface area (Å²) >= 11 is 0. The molecule has 2 nitrogen and oxygen atoms in total. The summed E-state index contributed by atoms with van der Waals surface area (Å²) in [6.45, 7) is 4.25. The first-order valence-corrected chi connectivity index (χ1v) is 4.21. The number of phenolic OH excluding ortho intramolecular Hbond substituents is 1. The summed E-state index contributed by atoms with van der Waals surface area (Å²) in [6.07, 6.45) is 0.884. The van der Waals surface area contributed by atoms with Crippen LogP contribution in [0.25, 0.3) is 0 Å². The number of rotatable bonds is 2. The molecular weight excluding hydrogens is 152 g/mol. The summed E-state index contributed by atoms with van der Waals surface area (Å²) < 4.78 is 5.19. The highest BCUT2D eigenvalue weighted by Crippen LogP contribution is 2.51. The standard InChI is InChI=1S/C10H12O2/c1-6(2)5-7-8(11)3-4-9-10(7)12-9/h3-4,6,11H,5H2,1-2H3. The van der Waals surface area contributed by atoms with Crippen LogP contribution < -0.4 is 4.74 Å². The maximum absolute atomic E-state index is 9.49. The Kier molecular flexibility index (Phi) is 1.50. The van der Waals surface area contributed by atoms with Gasteiger partial charge < -0.3 is 9.84 Å². The van der Waals surface area contributed by atoms with Crippen molar-refractivity contribution >= 4 is 0 Å². The van der Waals surface area contributed by atoms with Crippen molar-refractivity contribution in [3.05, 3.63) is 17.7 Å². The zero-order valence-electron chi connectivity index (χ0n) is 7.29. The van der Waals surface area contributed by atoms with Crippen LogP contribution in [0.3, 0.4) is 0 Å². The van der Waals surface area contributed by atoms with Crippen LogP contribution in [0.2, 0.25) is 0 Å². The Morgan fingerprint density at radius 3 is 2.83 bits per heavy atom. The molecule has 0 atom stereocenters. The van der Waals surface area contributed by atoms with E-state index >= 15 is 0 Å². The van der Waals surface area contributed by atoms with Crippen molar-refractivity contribution in [3.63, 3.8) is 0 Å². The van der Waals surface area contributed by atoms with Crippen LogP contribution in [0.1, 0.15) is 19.4 Å². The van der Waals surface area contributed by atoms with E-state index in [2.05, 4.69) is 13.8 Å². The molecule has 0 radical (unpaired) electrons. The van der Waals surface area contributed by atoms with Gasteiger partial charge in [-0.25, -0.2) is 0 Å². The van der Waals surface area contributed by atoms with Gasteiger partial charge in [-0.05, 0) is 24.5 Å². The van der Waals surface area contributed by atoms with E-state index in [1.807, 2.05) is 0 Å². The Hall–Kier alpha value is -1.18. The van der Waals surface area contributed by atoms with Gasteiger partial charge in [-0.15, -0.1) is 0 Å². The SMILES string of the molecule is CC(C)Cc1c(O)ccc2c1O2. The number of hydrogen-bond acceptors (Lipinski definition) is 2. The van der Waals surface area contributed by atoms with Crippen LogP contribution in [-0.4, -0.2) is 5.11 Å². The van der Waals surface area contributed by atoms with Crippen LogP contribution in [-0.2, 0) is 6.42 Å². The molecule has 1 aliphatic heterocycles. The van der Waals surface area contributed by atoms with Gasteiger partial charge in [-0.1, -0.05) is 13.8 Å². The van der Waals surface area contributed by atoms with E-state index in [-0.39, 0.29) is 0 Å². The van der Waals surface area contributed by atoms with Gasteiger partial charge in [-0.2, -0.15) is 0 Å². The molecule has 64 valence electrons. The Bertz CT molecular complexity index is 312. The number of phenols is 1. The molecule has 2 rings (SSSR count). The van der Waals surface area contributed by atoms with E-state index in [1.54, 1.807) is 12.1 Å². The third kappa shape index (κ3) is 1.13. The van der Waals surface area contributed by atoms with Crippen molar-refractivity contribution in [1.29, 1.82) is 0 Å². The van der Waals surface area contributed by atoms with Gasteiger partial charge in [0.15, 0.2) is 11.5 Å². The van der Waals surface area contributed by atoms with E-state index in [9.17, 15) is 5.11 Å². The Morgan fingerprint density at radius 1 is 1.42 bits per heavy atom. The van der Waals surface area contributed by atoms with Crippen LogP contribution in [0.5, 0.6) is 17.2 Å². The summed E-state index contributed by atoms with van der Waals surface area (Å²) in [4.78, 5) is 0. The second-order valence-corrected chi connectivity index (χ2v) is 3.59. The van der Waals surface area contributed by atoms with Crippen LogP contribution in [0.4, 0.5) is 0 Å². The predicted molar refractivity (Wildman–Crippen MR) is 46.7 cm³/mol. The minimum absolute atomic E-state index is 0.361. The van der Waals surface area contributed by atoms with Crippen LogP contribution >= 0.6 is 0 Å². The fourth-order valence-electron chi connectivity index (χ4n) is 1.38. The highest BCUT2D eigenvalue weighted by Gasteiger charge is 2.26. The molecule has 0 bridgehead atoms. The average molecular weight is 164 g/mol. The molecule has 0 amide bonds. The average Bonchev–Trinajstić information content (AvgIpc) is 2.73. The number of aromatic hydroxyl groups is 1. The summed E-state index contributed by atoms with van der Waals surface area (Å²) in [7, 11) is 0. The Balaban J connectivity index is 2.32. The lowest BCUT2D eigenvalue weighted by Gasteiger charge is -2.03. The van der Waals surface area contributed by atoms with E-state index < -0.39 is 0 Å². The third-order valence-electron chi connectivity index (χ3n) is 1.98. The Labute approximate surface area is 71.8 Å². The molecule has 1 heterocycles. The molecule has 0 saturated heterocycles. The summed E-state index contributed by atoms with van der Waals surface area (Å²) in [5.74, 6) is 2.72. The molecule has 0 spiro atoms. The van der Waals surface area contributed by atoms with Crippen molar-refractivity contribution in [2.24, 2.45) is 5.92 Å². The van der Waals surface area contributed by atoms with E-state index in [0.29, 0.717) is 11.7 Å². The molecule has 12 heavy (non-hydrogen) atoms. The molecule has 1 aliphatic rings. The first-order valence-electron chi connectivity index (χ1n) is 4.21. The van der Waals surface area contributed by atoms with Crippen molar-refractivity contribution in [3.8, 4) is 17.2 Å². The van der Waals surface area contributed by atoms with Gasteiger partial charge in [-0.3, -0.25) is 0 Å². The quantitative estimate of drug-likeness (QED) is 0.692. The second-order valence-electron chi connectivity index (χ2n) is 3.59. The van der Waals surface area contributed by atoms with E-state index in [0.717, 1.165) is 23.5 Å². The van der Waals surface area contributed by atoms with Gasteiger partial charge >= 0.3 is 0 Å². The number of hydrogen-bond donors (Lipinski definition) is 1. The first kappa shape index (κ1) is 7.47. The molecule has 0 aliphatic carbocycles. The van der Waals surface area contributed by atoms with Gasteiger partial charge in [0, 0.05) is 5.56 Å². The molecule has 0 unspecified atom stereocenters. The molecule has 1 aromatic carbocycles. The van der Waals surface area contributed by atoms with Crippen LogP contribution in [0, 0.1) is 5.92 Å². The summed E-state index contributed by atoms with van der Waals surface area (Å²) in [5.41, 5.74) is 0.961. The van der Waals surface area contributed by atoms with Crippen molar-refractivity contribution in [2.75, 3.05) is 0 Å². The van der Waals surface area contributed by atoms with E-state index in [4.69, 9.17) is 4.74 Å². The largest absolute Gasteiger partial charge is 0.508 e. The second kappa shape index (κ2) is 2.41. The molecule has 2 heteroatoms. The molecular formula is C10H12O2. The van der Waals surface area contributed by atoms with Crippen molar-refractivity contribution in [2.45, 2.75) is 20.3 Å². The summed E-state index contributed by atoms with van der Waals surface area (Å²) in [5, 5.41) is 9.49. The number of ether oxygens (including phenoxy) is 1. The molecule has 1 N–H and O–H groups in total. The lowest BCUT2D eigenvalue weighted by atomic mass is 10.0. The minimum Gasteiger partial charge on any atom is -0.508 e. The molecule has 0 saturated carbocycles. The maximum Gasteiger partial charge on any atom is 0.177 e.